The molecule has 3 aromatic rings. The van der Waals surface area contributed by atoms with Crippen LogP contribution in [0.2, 0.25) is 0 Å². The Morgan fingerprint density at radius 1 is 1.15 bits per heavy atom. The summed E-state index contributed by atoms with van der Waals surface area (Å²) in [7, 11) is 0. The highest BCUT2D eigenvalue weighted by Crippen LogP contribution is 2.31. The topological polar surface area (TPSA) is 87.3 Å². The van der Waals surface area contributed by atoms with E-state index in [-0.39, 0.29) is 12.3 Å². The minimum atomic E-state index is -0.472. The van der Waals surface area contributed by atoms with Gasteiger partial charge < -0.3 is 4.74 Å². The SMILES string of the molecule is CCOC(=O)c1c(C)nn(-c2ccccc2)c1-c1ccc([N+](=O)[O-])cc1. The summed E-state index contributed by atoms with van der Waals surface area (Å²) in [6.45, 7) is 3.72. The Kier molecular flexibility index (Phi) is 4.79. The van der Waals surface area contributed by atoms with E-state index in [0.29, 0.717) is 22.5 Å². The smallest absolute Gasteiger partial charge is 0.342 e. The predicted molar refractivity (Wildman–Crippen MR) is 96.3 cm³/mol. The van der Waals surface area contributed by atoms with Gasteiger partial charge in [0.1, 0.15) is 5.56 Å². The fraction of sp³-hybridized carbons (Fsp3) is 0.158. The van der Waals surface area contributed by atoms with Crippen molar-refractivity contribution >= 4 is 11.7 Å². The molecule has 0 aliphatic carbocycles. The molecule has 3 rings (SSSR count). The lowest BCUT2D eigenvalue weighted by Gasteiger charge is -2.10. The van der Waals surface area contributed by atoms with Gasteiger partial charge in [0.25, 0.3) is 5.69 Å². The van der Waals surface area contributed by atoms with Crippen LogP contribution in [-0.4, -0.2) is 27.3 Å². The van der Waals surface area contributed by atoms with Crippen LogP contribution in [0.25, 0.3) is 16.9 Å². The van der Waals surface area contributed by atoms with Crippen molar-refractivity contribution in [2.45, 2.75) is 13.8 Å². The molecule has 0 aliphatic rings. The lowest BCUT2D eigenvalue weighted by atomic mass is 10.1. The van der Waals surface area contributed by atoms with Crippen LogP contribution in [-0.2, 0) is 4.74 Å². The first kappa shape index (κ1) is 17.3. The van der Waals surface area contributed by atoms with Gasteiger partial charge in [-0.3, -0.25) is 10.1 Å². The molecule has 0 saturated carbocycles. The first-order valence-corrected chi connectivity index (χ1v) is 8.10. The standard InChI is InChI=1S/C19H17N3O4/c1-3-26-19(23)17-13(2)20-21(15-7-5-4-6-8-15)18(17)14-9-11-16(12-10-14)22(24)25/h4-12H,3H2,1-2H3. The first-order valence-electron chi connectivity index (χ1n) is 8.10. The van der Waals surface area contributed by atoms with Gasteiger partial charge in [-0.25, -0.2) is 9.48 Å². The van der Waals surface area contributed by atoms with Crippen molar-refractivity contribution in [3.8, 4) is 16.9 Å². The molecule has 0 atom stereocenters. The van der Waals surface area contributed by atoms with Gasteiger partial charge in [-0.2, -0.15) is 5.10 Å². The summed E-state index contributed by atoms with van der Waals surface area (Å²) in [5.74, 6) is -0.472. The van der Waals surface area contributed by atoms with Crippen LogP contribution in [0.4, 0.5) is 5.69 Å². The largest absolute Gasteiger partial charge is 0.462 e. The normalized spacial score (nSPS) is 10.5. The second-order valence-corrected chi connectivity index (χ2v) is 5.58. The highest BCUT2D eigenvalue weighted by atomic mass is 16.6. The first-order chi connectivity index (χ1) is 12.5. The number of aromatic nitrogens is 2. The maximum Gasteiger partial charge on any atom is 0.342 e. The number of carbonyl (C=O) groups excluding carboxylic acids is 1. The molecular weight excluding hydrogens is 334 g/mol. The van der Waals surface area contributed by atoms with Gasteiger partial charge in [-0.05, 0) is 38.1 Å². The van der Waals surface area contributed by atoms with E-state index in [4.69, 9.17) is 4.74 Å². The number of nitrogens with zero attached hydrogens (tertiary/aromatic N) is 3. The fourth-order valence-corrected chi connectivity index (χ4v) is 2.74. The lowest BCUT2D eigenvalue weighted by Crippen LogP contribution is -2.08. The van der Waals surface area contributed by atoms with Crippen LogP contribution < -0.4 is 0 Å². The highest BCUT2D eigenvalue weighted by Gasteiger charge is 2.25. The quantitative estimate of drug-likeness (QED) is 0.395. The van der Waals surface area contributed by atoms with Crippen molar-refractivity contribution in [2.24, 2.45) is 0 Å². The molecule has 1 heterocycles. The summed E-state index contributed by atoms with van der Waals surface area (Å²) >= 11 is 0. The zero-order valence-electron chi connectivity index (χ0n) is 14.4. The maximum absolute atomic E-state index is 12.5. The van der Waals surface area contributed by atoms with Crippen LogP contribution in [0.5, 0.6) is 0 Å². The summed E-state index contributed by atoms with van der Waals surface area (Å²) in [5.41, 5.74) is 2.82. The number of hydrogen-bond donors (Lipinski definition) is 0. The van der Waals surface area contributed by atoms with Gasteiger partial charge >= 0.3 is 5.97 Å². The van der Waals surface area contributed by atoms with E-state index in [2.05, 4.69) is 5.10 Å². The molecule has 0 N–H and O–H groups in total. The summed E-state index contributed by atoms with van der Waals surface area (Å²) in [5, 5.41) is 15.4. The Hall–Kier alpha value is -3.48. The van der Waals surface area contributed by atoms with Crippen molar-refractivity contribution in [1.82, 2.24) is 9.78 Å². The van der Waals surface area contributed by atoms with Gasteiger partial charge in [-0.1, -0.05) is 18.2 Å². The average molecular weight is 351 g/mol. The molecule has 7 nitrogen and oxygen atoms in total. The second-order valence-electron chi connectivity index (χ2n) is 5.58. The molecule has 132 valence electrons. The Labute approximate surface area is 150 Å². The fourth-order valence-electron chi connectivity index (χ4n) is 2.74. The maximum atomic E-state index is 12.5. The van der Waals surface area contributed by atoms with Crippen LogP contribution in [0, 0.1) is 17.0 Å². The van der Waals surface area contributed by atoms with Crippen LogP contribution in [0.1, 0.15) is 23.0 Å². The number of esters is 1. The van der Waals surface area contributed by atoms with Crippen LogP contribution in [0.15, 0.2) is 54.6 Å². The molecule has 0 amide bonds. The average Bonchev–Trinajstić information content (AvgIpc) is 3.00. The van der Waals surface area contributed by atoms with Crippen molar-refractivity contribution in [3.05, 3.63) is 76.0 Å². The molecule has 0 radical (unpaired) electrons. The van der Waals surface area contributed by atoms with E-state index in [1.807, 2.05) is 30.3 Å². The van der Waals surface area contributed by atoms with E-state index in [1.165, 1.54) is 12.1 Å². The third-order valence-corrected chi connectivity index (χ3v) is 3.89. The second kappa shape index (κ2) is 7.18. The molecule has 0 saturated heterocycles. The monoisotopic (exact) mass is 351 g/mol. The highest BCUT2D eigenvalue weighted by molar-refractivity contribution is 5.98. The molecule has 0 bridgehead atoms. The minimum Gasteiger partial charge on any atom is -0.462 e. The Morgan fingerprint density at radius 2 is 1.81 bits per heavy atom. The summed E-state index contributed by atoms with van der Waals surface area (Å²) in [4.78, 5) is 22.9. The lowest BCUT2D eigenvalue weighted by molar-refractivity contribution is -0.384. The van der Waals surface area contributed by atoms with Crippen LogP contribution in [0.3, 0.4) is 0 Å². The van der Waals surface area contributed by atoms with Gasteiger partial charge in [0, 0.05) is 17.7 Å². The van der Waals surface area contributed by atoms with Crippen LogP contribution >= 0.6 is 0 Å². The zero-order chi connectivity index (χ0) is 18.7. The molecule has 26 heavy (non-hydrogen) atoms. The zero-order valence-corrected chi connectivity index (χ0v) is 14.4. The Balaban J connectivity index is 2.22. The predicted octanol–water partition coefficient (Wildman–Crippen LogP) is 3.93. The third kappa shape index (κ3) is 3.19. The summed E-state index contributed by atoms with van der Waals surface area (Å²) < 4.78 is 6.84. The Morgan fingerprint density at radius 3 is 2.38 bits per heavy atom. The van der Waals surface area contributed by atoms with E-state index in [0.717, 1.165) is 5.69 Å². The van der Waals surface area contributed by atoms with Crippen molar-refractivity contribution in [3.63, 3.8) is 0 Å². The molecule has 0 fully saturated rings. The number of nitro benzene ring substituents is 1. The molecule has 7 heteroatoms. The van der Waals surface area contributed by atoms with Gasteiger partial charge in [0.2, 0.25) is 0 Å². The molecular formula is C19H17N3O4. The van der Waals surface area contributed by atoms with E-state index >= 15 is 0 Å². The number of hydrogen-bond acceptors (Lipinski definition) is 5. The number of benzene rings is 2. The van der Waals surface area contributed by atoms with E-state index < -0.39 is 10.9 Å². The third-order valence-electron chi connectivity index (χ3n) is 3.89. The Bertz CT molecular complexity index is 947. The number of para-hydroxylation sites is 1. The molecule has 0 unspecified atom stereocenters. The van der Waals surface area contributed by atoms with Gasteiger partial charge in [-0.15, -0.1) is 0 Å². The molecule has 0 aliphatic heterocycles. The number of carbonyl (C=O) groups is 1. The number of nitro groups is 1. The van der Waals surface area contributed by atoms with Crippen molar-refractivity contribution in [2.75, 3.05) is 6.61 Å². The minimum absolute atomic E-state index is 0.0195. The number of non-ortho nitro benzene ring substituents is 1. The van der Waals surface area contributed by atoms with Crippen molar-refractivity contribution in [1.29, 1.82) is 0 Å². The van der Waals surface area contributed by atoms with Gasteiger partial charge in [0.15, 0.2) is 0 Å². The number of ether oxygens (including phenoxy) is 1. The molecule has 1 aromatic heterocycles. The summed E-state index contributed by atoms with van der Waals surface area (Å²) in [6.07, 6.45) is 0. The number of rotatable bonds is 5. The van der Waals surface area contributed by atoms with Gasteiger partial charge in [0.05, 0.1) is 28.6 Å². The van der Waals surface area contributed by atoms with E-state index in [1.54, 1.807) is 30.7 Å². The molecule has 0 spiro atoms. The molecule has 2 aromatic carbocycles. The number of aryl methyl sites for hydroxylation is 1. The van der Waals surface area contributed by atoms with E-state index in [9.17, 15) is 14.9 Å². The summed E-state index contributed by atoms with van der Waals surface area (Å²) in [6, 6.07) is 15.4. The van der Waals surface area contributed by atoms with Crippen molar-refractivity contribution < 1.29 is 14.5 Å².